The molecular weight excluding hydrogens is 398 g/mol. The lowest BCUT2D eigenvalue weighted by molar-refractivity contribution is -0.113. The highest BCUT2D eigenvalue weighted by molar-refractivity contribution is 8.16. The van der Waals surface area contributed by atoms with Gasteiger partial charge in [0.2, 0.25) is 5.91 Å². The van der Waals surface area contributed by atoms with Gasteiger partial charge in [-0.25, -0.2) is 4.99 Å². The number of nitrogens with one attached hydrogen (secondary N) is 1. The summed E-state index contributed by atoms with van der Waals surface area (Å²) in [7, 11) is 0. The van der Waals surface area contributed by atoms with Crippen molar-refractivity contribution in [2.75, 3.05) is 11.1 Å². The van der Waals surface area contributed by atoms with Crippen molar-refractivity contribution in [3.63, 3.8) is 0 Å². The minimum absolute atomic E-state index is 0.0917. The van der Waals surface area contributed by atoms with Gasteiger partial charge in [-0.1, -0.05) is 48.0 Å². The molecule has 0 atom stereocenters. The van der Waals surface area contributed by atoms with E-state index >= 15 is 0 Å². The molecule has 4 rings (SSSR count). The highest BCUT2D eigenvalue weighted by atomic mass is 35.5. The monoisotopic (exact) mass is 417 g/mol. The molecule has 1 aliphatic heterocycles. The zero-order chi connectivity index (χ0) is 18.7. The topological polar surface area (TPSA) is 53.8 Å². The molecule has 1 aliphatic carbocycles. The van der Waals surface area contributed by atoms with Crippen LogP contribution in [0.25, 0.3) is 0 Å². The first kappa shape index (κ1) is 18.7. The van der Waals surface area contributed by atoms with Crippen LogP contribution in [-0.2, 0) is 4.79 Å². The molecule has 1 spiro atoms. The van der Waals surface area contributed by atoms with Gasteiger partial charge in [0.25, 0.3) is 0 Å². The highest BCUT2D eigenvalue weighted by Gasteiger charge is 2.38. The van der Waals surface area contributed by atoms with E-state index in [-0.39, 0.29) is 17.3 Å². The number of carbonyl (C=O) groups excluding carboxylic acids is 1. The fraction of sp³-hybridized carbons (Fsp3) is 0.350. The molecule has 0 unspecified atom stereocenters. The second kappa shape index (κ2) is 8.17. The van der Waals surface area contributed by atoms with Crippen LogP contribution in [-0.4, -0.2) is 28.1 Å². The van der Waals surface area contributed by atoms with E-state index in [0.717, 1.165) is 41.3 Å². The molecule has 140 valence electrons. The number of aliphatic imine (C=N–C) groups is 2. The van der Waals surface area contributed by atoms with E-state index in [1.807, 2.05) is 18.2 Å². The van der Waals surface area contributed by atoms with Gasteiger partial charge in [0, 0.05) is 0 Å². The molecule has 2 aromatic rings. The van der Waals surface area contributed by atoms with E-state index in [1.54, 1.807) is 23.5 Å². The maximum absolute atomic E-state index is 12.4. The van der Waals surface area contributed by atoms with Crippen molar-refractivity contribution >= 4 is 57.0 Å². The first-order valence-corrected chi connectivity index (χ1v) is 11.3. The average molecular weight is 418 g/mol. The molecule has 27 heavy (non-hydrogen) atoms. The summed E-state index contributed by atoms with van der Waals surface area (Å²) in [6.45, 7) is 0. The van der Waals surface area contributed by atoms with Crippen molar-refractivity contribution in [1.82, 2.24) is 0 Å². The van der Waals surface area contributed by atoms with Gasteiger partial charge in [0.1, 0.15) is 10.8 Å². The number of amides is 1. The molecule has 7 heteroatoms. The normalized spacial score (nSPS) is 18.3. The Bertz CT molecular complexity index is 886. The summed E-state index contributed by atoms with van der Waals surface area (Å²) in [6.07, 6.45) is 5.57. The second-order valence-electron chi connectivity index (χ2n) is 6.71. The van der Waals surface area contributed by atoms with Gasteiger partial charge in [0.15, 0.2) is 5.66 Å². The molecule has 4 nitrogen and oxygen atoms in total. The number of rotatable bonds is 4. The number of benzene rings is 1. The summed E-state index contributed by atoms with van der Waals surface area (Å²) >= 11 is 9.25. The quantitative estimate of drug-likeness (QED) is 0.700. The first-order chi connectivity index (χ1) is 13.2. The predicted octanol–water partition coefficient (Wildman–Crippen LogP) is 5.64. The van der Waals surface area contributed by atoms with Crippen molar-refractivity contribution in [3.05, 3.63) is 51.7 Å². The second-order valence-corrected chi connectivity index (χ2v) is 9.03. The predicted molar refractivity (Wildman–Crippen MR) is 117 cm³/mol. The largest absolute Gasteiger partial charge is 0.324 e. The number of hydrogen-bond donors (Lipinski definition) is 1. The van der Waals surface area contributed by atoms with Crippen molar-refractivity contribution in [3.8, 4) is 0 Å². The van der Waals surface area contributed by atoms with Crippen LogP contribution in [0.5, 0.6) is 0 Å². The van der Waals surface area contributed by atoms with E-state index in [0.29, 0.717) is 10.7 Å². The van der Waals surface area contributed by atoms with E-state index in [1.165, 1.54) is 18.2 Å². The van der Waals surface area contributed by atoms with Gasteiger partial charge in [-0.3, -0.25) is 9.79 Å². The molecule has 0 radical (unpaired) electrons. The number of thioether (sulfide) groups is 1. The van der Waals surface area contributed by atoms with Gasteiger partial charge in [-0.2, -0.15) is 0 Å². The number of nitrogens with zero attached hydrogens (tertiary/aromatic N) is 2. The van der Waals surface area contributed by atoms with E-state index < -0.39 is 0 Å². The Hall–Kier alpha value is -1.63. The molecule has 1 aromatic carbocycles. The summed E-state index contributed by atoms with van der Waals surface area (Å²) in [6, 6.07) is 11.4. The lowest BCUT2D eigenvalue weighted by Gasteiger charge is -2.27. The van der Waals surface area contributed by atoms with Crippen LogP contribution in [0.2, 0.25) is 5.02 Å². The zero-order valence-electron chi connectivity index (χ0n) is 14.8. The molecular formula is C20H20ClN3OS2. The van der Waals surface area contributed by atoms with Gasteiger partial charge in [0.05, 0.1) is 21.3 Å². The van der Waals surface area contributed by atoms with Crippen LogP contribution in [0.3, 0.4) is 0 Å². The van der Waals surface area contributed by atoms with Crippen molar-refractivity contribution < 1.29 is 4.79 Å². The number of halogens is 1. The third kappa shape index (κ3) is 4.28. The van der Waals surface area contributed by atoms with Crippen LogP contribution in [0.4, 0.5) is 5.69 Å². The van der Waals surface area contributed by atoms with Crippen molar-refractivity contribution in [2.45, 2.75) is 37.8 Å². The van der Waals surface area contributed by atoms with Crippen LogP contribution in [0.1, 0.15) is 37.0 Å². The third-order valence-corrected chi connectivity index (χ3v) is 6.90. The summed E-state index contributed by atoms with van der Waals surface area (Å²) in [5.41, 5.74) is 1.27. The minimum atomic E-state index is -0.306. The zero-order valence-corrected chi connectivity index (χ0v) is 17.2. The molecule has 2 heterocycles. The molecule has 1 saturated carbocycles. The Labute approximate surface area is 172 Å². The van der Waals surface area contributed by atoms with Gasteiger partial charge in [-0.05, 0) is 49.3 Å². The van der Waals surface area contributed by atoms with Gasteiger partial charge < -0.3 is 5.32 Å². The smallest absolute Gasteiger partial charge is 0.234 e. The summed E-state index contributed by atoms with van der Waals surface area (Å²) in [4.78, 5) is 23.5. The third-order valence-electron chi connectivity index (χ3n) is 4.73. The van der Waals surface area contributed by atoms with Crippen molar-refractivity contribution in [2.24, 2.45) is 9.98 Å². The molecule has 1 amide bonds. The standard InChI is InChI=1S/C20H20ClN3OS2/c21-14-7-2-3-8-15(14)22-17(25)13-27-19-18(16-9-6-12-26-16)23-20(24-19)10-4-1-5-11-20/h2-3,6-9,12H,1,4-5,10-11,13H2,(H,22,25). The van der Waals surface area contributed by atoms with Crippen LogP contribution in [0, 0.1) is 0 Å². The molecule has 0 saturated heterocycles. The Morgan fingerprint density at radius 2 is 1.96 bits per heavy atom. The number of anilines is 1. The molecule has 0 bridgehead atoms. The number of carbonyl (C=O) groups is 1. The average Bonchev–Trinajstić information content (AvgIpc) is 3.31. The number of para-hydroxylation sites is 1. The van der Waals surface area contributed by atoms with Crippen LogP contribution >= 0.6 is 34.7 Å². The van der Waals surface area contributed by atoms with E-state index in [4.69, 9.17) is 21.6 Å². The van der Waals surface area contributed by atoms with Crippen LogP contribution < -0.4 is 5.32 Å². The maximum atomic E-state index is 12.4. The minimum Gasteiger partial charge on any atom is -0.324 e. The lowest BCUT2D eigenvalue weighted by Crippen LogP contribution is -2.25. The molecule has 1 N–H and O–H groups in total. The Morgan fingerprint density at radius 3 is 2.70 bits per heavy atom. The van der Waals surface area contributed by atoms with Crippen molar-refractivity contribution in [1.29, 1.82) is 0 Å². The SMILES string of the molecule is O=C(CSC1=NC2(CCCCC2)N=C1c1cccs1)Nc1ccccc1Cl. The Morgan fingerprint density at radius 1 is 1.15 bits per heavy atom. The van der Waals surface area contributed by atoms with Gasteiger partial charge >= 0.3 is 0 Å². The number of thiophene rings is 1. The highest BCUT2D eigenvalue weighted by Crippen LogP contribution is 2.39. The number of hydrogen-bond acceptors (Lipinski definition) is 5. The summed E-state index contributed by atoms with van der Waals surface area (Å²) in [5, 5.41) is 6.34. The van der Waals surface area contributed by atoms with E-state index in [9.17, 15) is 4.79 Å². The maximum Gasteiger partial charge on any atom is 0.234 e. The van der Waals surface area contributed by atoms with Crippen LogP contribution in [0.15, 0.2) is 51.8 Å². The Kier molecular flexibility index (Phi) is 5.66. The lowest BCUT2D eigenvalue weighted by atomic mass is 9.90. The Balaban J connectivity index is 1.48. The molecule has 1 fully saturated rings. The van der Waals surface area contributed by atoms with E-state index in [2.05, 4.69) is 16.8 Å². The molecule has 2 aliphatic rings. The van der Waals surface area contributed by atoms with Gasteiger partial charge in [-0.15, -0.1) is 11.3 Å². The summed E-state index contributed by atoms with van der Waals surface area (Å²) < 4.78 is 0. The molecule has 1 aromatic heterocycles. The summed E-state index contributed by atoms with van der Waals surface area (Å²) in [5.74, 6) is 0.191. The fourth-order valence-corrected chi connectivity index (χ4v) is 5.25. The first-order valence-electron chi connectivity index (χ1n) is 9.06. The fourth-order valence-electron chi connectivity index (χ4n) is 3.42.